The van der Waals surface area contributed by atoms with Crippen LogP contribution in [0.25, 0.3) is 0 Å². The highest BCUT2D eigenvalue weighted by molar-refractivity contribution is 6.74. The molecular formula is C21H34O2Si. The lowest BCUT2D eigenvalue weighted by molar-refractivity contribution is -0.116. The van der Waals surface area contributed by atoms with Gasteiger partial charge in [-0.3, -0.25) is 4.79 Å². The minimum atomic E-state index is -1.85. The fourth-order valence-electron chi connectivity index (χ4n) is 4.69. The normalized spacial score (nSPS) is 33.4. The van der Waals surface area contributed by atoms with Crippen molar-refractivity contribution in [2.24, 2.45) is 11.3 Å². The van der Waals surface area contributed by atoms with Gasteiger partial charge in [0.1, 0.15) is 0 Å². The zero-order valence-electron chi connectivity index (χ0n) is 16.6. The number of carbonyl (C=O) groups excluding carboxylic acids is 1. The highest BCUT2D eigenvalue weighted by atomic mass is 28.4. The fraction of sp³-hybridized carbons (Fsp3) is 0.762. The predicted molar refractivity (Wildman–Crippen MR) is 103 cm³/mol. The van der Waals surface area contributed by atoms with Gasteiger partial charge in [0.2, 0.25) is 0 Å². The lowest BCUT2D eigenvalue weighted by atomic mass is 9.75. The maximum atomic E-state index is 12.3. The summed E-state index contributed by atoms with van der Waals surface area (Å²) in [5.41, 5.74) is 4.39. The monoisotopic (exact) mass is 346 g/mol. The predicted octanol–water partition coefficient (Wildman–Crippen LogP) is 5.80. The molecule has 3 atom stereocenters. The summed E-state index contributed by atoms with van der Waals surface area (Å²) in [6.45, 7) is 16.1. The number of fused-ring (bicyclic) bond motifs is 1. The second-order valence-corrected chi connectivity index (χ2v) is 14.8. The van der Waals surface area contributed by atoms with Crippen LogP contribution in [-0.4, -0.2) is 20.2 Å². The van der Waals surface area contributed by atoms with Crippen molar-refractivity contribution in [3.63, 3.8) is 0 Å². The molecule has 3 aliphatic rings. The molecule has 0 aromatic heterocycles. The van der Waals surface area contributed by atoms with Gasteiger partial charge < -0.3 is 4.43 Å². The van der Waals surface area contributed by atoms with Gasteiger partial charge in [-0.25, -0.2) is 0 Å². The Morgan fingerprint density at radius 3 is 2.50 bits per heavy atom. The molecule has 1 spiro atoms. The van der Waals surface area contributed by atoms with E-state index in [4.69, 9.17) is 4.43 Å². The Kier molecular flexibility index (Phi) is 4.28. The van der Waals surface area contributed by atoms with Crippen LogP contribution in [0.2, 0.25) is 18.1 Å². The fourth-order valence-corrected chi connectivity index (χ4v) is 6.10. The van der Waals surface area contributed by atoms with Gasteiger partial charge in [0, 0.05) is 11.8 Å². The van der Waals surface area contributed by atoms with Crippen molar-refractivity contribution in [3.8, 4) is 0 Å². The summed E-state index contributed by atoms with van der Waals surface area (Å²) < 4.78 is 7.01. The largest absolute Gasteiger partial charge is 0.413 e. The minimum absolute atomic E-state index is 0.0274. The van der Waals surface area contributed by atoms with E-state index in [0.717, 1.165) is 12.8 Å². The van der Waals surface area contributed by atoms with Crippen LogP contribution in [0.1, 0.15) is 66.7 Å². The van der Waals surface area contributed by atoms with Crippen molar-refractivity contribution in [1.29, 1.82) is 0 Å². The van der Waals surface area contributed by atoms with Crippen molar-refractivity contribution in [2.75, 3.05) is 0 Å². The number of ketones is 1. The van der Waals surface area contributed by atoms with E-state index in [-0.39, 0.29) is 16.6 Å². The molecule has 0 N–H and O–H groups in total. The molecule has 2 fully saturated rings. The first-order valence-electron chi connectivity index (χ1n) is 9.53. The Labute approximate surface area is 148 Å². The van der Waals surface area contributed by atoms with Gasteiger partial charge in [0.05, 0.1) is 6.10 Å². The molecule has 0 saturated heterocycles. The van der Waals surface area contributed by atoms with E-state index < -0.39 is 8.32 Å². The van der Waals surface area contributed by atoms with Crippen LogP contribution in [0, 0.1) is 11.3 Å². The molecular weight excluding hydrogens is 312 g/mol. The van der Waals surface area contributed by atoms with Gasteiger partial charge in [-0.1, -0.05) is 37.5 Å². The third kappa shape index (κ3) is 2.78. The number of hydrogen-bond acceptors (Lipinski definition) is 2. The van der Waals surface area contributed by atoms with Crippen LogP contribution in [0.4, 0.5) is 0 Å². The van der Waals surface area contributed by atoms with Crippen molar-refractivity contribution in [3.05, 3.63) is 22.8 Å². The van der Waals surface area contributed by atoms with E-state index in [1.165, 1.54) is 24.0 Å². The second-order valence-electron chi connectivity index (χ2n) is 10.1. The quantitative estimate of drug-likeness (QED) is 0.466. The van der Waals surface area contributed by atoms with E-state index in [1.807, 2.05) is 6.08 Å². The molecule has 3 rings (SSSR count). The summed E-state index contributed by atoms with van der Waals surface area (Å²) in [5.74, 6) is 0.914. The van der Waals surface area contributed by atoms with E-state index in [2.05, 4.69) is 47.7 Å². The molecule has 0 aromatic rings. The molecule has 2 bridgehead atoms. The van der Waals surface area contributed by atoms with Crippen LogP contribution in [-0.2, 0) is 9.22 Å². The molecule has 0 aromatic carbocycles. The molecule has 3 aliphatic carbocycles. The second kappa shape index (κ2) is 5.67. The zero-order chi connectivity index (χ0) is 17.9. The van der Waals surface area contributed by atoms with E-state index in [9.17, 15) is 4.79 Å². The molecule has 2 saturated carbocycles. The van der Waals surface area contributed by atoms with Gasteiger partial charge >= 0.3 is 0 Å². The smallest absolute Gasteiger partial charge is 0.192 e. The maximum absolute atomic E-state index is 12.3. The SMILES string of the molecule is CC(C)=C1CC[C@H]2CC3=CC(=O)C[C@@]3(C1)[C@H]2O[Si](C)(C)C(C)(C)C. The van der Waals surface area contributed by atoms with Crippen molar-refractivity contribution < 1.29 is 9.22 Å². The average Bonchev–Trinajstić information content (AvgIpc) is 2.77. The summed E-state index contributed by atoms with van der Waals surface area (Å²) >= 11 is 0. The minimum Gasteiger partial charge on any atom is -0.413 e. The number of hydrogen-bond donors (Lipinski definition) is 0. The van der Waals surface area contributed by atoms with Gasteiger partial charge in [-0.15, -0.1) is 0 Å². The Morgan fingerprint density at radius 2 is 1.92 bits per heavy atom. The van der Waals surface area contributed by atoms with Crippen LogP contribution in [0.3, 0.4) is 0 Å². The molecule has 2 nitrogen and oxygen atoms in total. The lowest BCUT2D eigenvalue weighted by Gasteiger charge is -2.44. The van der Waals surface area contributed by atoms with Gasteiger partial charge in [0.15, 0.2) is 14.1 Å². The molecule has 0 unspecified atom stereocenters. The lowest BCUT2D eigenvalue weighted by Crippen LogP contribution is -2.49. The Bertz CT molecular complexity index is 616. The van der Waals surface area contributed by atoms with E-state index in [0.29, 0.717) is 18.1 Å². The Hall–Kier alpha value is -0.673. The summed E-state index contributed by atoms with van der Waals surface area (Å²) in [6, 6.07) is 0. The molecule has 0 amide bonds. The Morgan fingerprint density at radius 1 is 1.25 bits per heavy atom. The number of carbonyl (C=O) groups is 1. The summed E-state index contributed by atoms with van der Waals surface area (Å²) in [6.07, 6.45) is 7.42. The van der Waals surface area contributed by atoms with Crippen LogP contribution >= 0.6 is 0 Å². The number of rotatable bonds is 2. The first kappa shape index (κ1) is 18.1. The highest BCUT2D eigenvalue weighted by Crippen LogP contribution is 2.61. The van der Waals surface area contributed by atoms with Gasteiger partial charge in [-0.05, 0) is 69.7 Å². The summed E-state index contributed by atoms with van der Waals surface area (Å²) in [4.78, 5) is 12.3. The third-order valence-corrected chi connectivity index (χ3v) is 11.7. The summed E-state index contributed by atoms with van der Waals surface area (Å²) in [7, 11) is -1.85. The zero-order valence-corrected chi connectivity index (χ0v) is 17.6. The van der Waals surface area contributed by atoms with E-state index in [1.54, 1.807) is 5.57 Å². The maximum Gasteiger partial charge on any atom is 0.192 e. The topological polar surface area (TPSA) is 26.3 Å². The summed E-state index contributed by atoms with van der Waals surface area (Å²) in [5, 5.41) is 0.210. The van der Waals surface area contributed by atoms with Crippen LogP contribution in [0.5, 0.6) is 0 Å². The molecule has 24 heavy (non-hydrogen) atoms. The highest BCUT2D eigenvalue weighted by Gasteiger charge is 2.59. The molecule has 0 radical (unpaired) electrons. The van der Waals surface area contributed by atoms with Crippen molar-refractivity contribution in [2.45, 2.75) is 91.0 Å². The third-order valence-electron chi connectivity index (χ3n) is 7.20. The van der Waals surface area contributed by atoms with Gasteiger partial charge in [-0.2, -0.15) is 0 Å². The first-order valence-corrected chi connectivity index (χ1v) is 12.4. The molecule has 0 aliphatic heterocycles. The molecule has 134 valence electrons. The van der Waals surface area contributed by atoms with Gasteiger partial charge in [0.25, 0.3) is 0 Å². The number of allylic oxidation sites excluding steroid dienone is 3. The van der Waals surface area contributed by atoms with E-state index >= 15 is 0 Å². The van der Waals surface area contributed by atoms with Crippen LogP contribution in [0.15, 0.2) is 22.8 Å². The molecule has 0 heterocycles. The molecule has 3 heteroatoms. The van der Waals surface area contributed by atoms with Crippen LogP contribution < -0.4 is 0 Å². The first-order chi connectivity index (χ1) is 11.0. The van der Waals surface area contributed by atoms with Crippen molar-refractivity contribution in [1.82, 2.24) is 0 Å². The standard InChI is InChI=1S/C21H34O2Si/c1-14(2)16-9-8-15-10-17-11-18(22)13-21(17,12-16)19(15)23-24(6,7)20(3,4)5/h11,15,19H,8-10,12-13H2,1-7H3/t15-,19-,21+/m0/s1. The van der Waals surface area contributed by atoms with Crippen molar-refractivity contribution >= 4 is 14.1 Å². The Balaban J connectivity index is 2.02. The average molecular weight is 347 g/mol.